The van der Waals surface area contributed by atoms with Crippen LogP contribution < -0.4 is 10.2 Å². The van der Waals surface area contributed by atoms with Crippen LogP contribution in [0.2, 0.25) is 0 Å². The average molecular weight is 350 g/mol. The average Bonchev–Trinajstić information content (AvgIpc) is 3.12. The lowest BCUT2D eigenvalue weighted by atomic mass is 10.1. The molecule has 1 unspecified atom stereocenters. The van der Waals surface area contributed by atoms with E-state index in [-0.39, 0.29) is 11.7 Å². The molecule has 0 aliphatic carbocycles. The van der Waals surface area contributed by atoms with Gasteiger partial charge in [-0.2, -0.15) is 0 Å². The standard InChI is InChI=1S/C15H15FN4O3S/c1-3-10-7-20(15(22)23-10)9-4-5-11(12(16)6-9)13(21)17-14-19-18-8(2)24-14/h4-6,10H,3,7H2,1-2H3,(H,17,19,21). The highest BCUT2D eigenvalue weighted by atomic mass is 32.1. The predicted octanol–water partition coefficient (Wildman–Crippen LogP) is 2.97. The number of cyclic esters (lactones) is 1. The van der Waals surface area contributed by atoms with Crippen LogP contribution in [0.25, 0.3) is 0 Å². The molecule has 1 aliphatic rings. The Kier molecular flexibility index (Phi) is 4.43. The molecule has 3 rings (SSSR count). The van der Waals surface area contributed by atoms with Gasteiger partial charge in [-0.25, -0.2) is 9.18 Å². The Morgan fingerprint density at radius 1 is 1.50 bits per heavy atom. The van der Waals surface area contributed by atoms with Crippen molar-refractivity contribution in [3.63, 3.8) is 0 Å². The minimum Gasteiger partial charge on any atom is -0.444 e. The van der Waals surface area contributed by atoms with Gasteiger partial charge >= 0.3 is 6.09 Å². The monoisotopic (exact) mass is 350 g/mol. The number of ether oxygens (including phenoxy) is 1. The molecule has 1 aromatic heterocycles. The maximum Gasteiger partial charge on any atom is 0.414 e. The quantitative estimate of drug-likeness (QED) is 0.916. The first kappa shape index (κ1) is 16.3. The van der Waals surface area contributed by atoms with Crippen LogP contribution in [0, 0.1) is 12.7 Å². The van der Waals surface area contributed by atoms with Crippen molar-refractivity contribution in [3.05, 3.63) is 34.6 Å². The van der Waals surface area contributed by atoms with Gasteiger partial charge in [0.2, 0.25) is 5.13 Å². The molecule has 2 heterocycles. The van der Waals surface area contributed by atoms with Crippen molar-refractivity contribution in [1.29, 1.82) is 0 Å². The summed E-state index contributed by atoms with van der Waals surface area (Å²) >= 11 is 1.20. The Morgan fingerprint density at radius 2 is 2.29 bits per heavy atom. The molecular formula is C15H15FN4O3S. The molecule has 24 heavy (non-hydrogen) atoms. The molecule has 1 N–H and O–H groups in total. The third-order valence-electron chi connectivity index (χ3n) is 3.58. The van der Waals surface area contributed by atoms with E-state index in [1.165, 1.54) is 28.4 Å². The molecule has 1 fully saturated rings. The number of anilines is 2. The van der Waals surface area contributed by atoms with Crippen molar-refractivity contribution in [3.8, 4) is 0 Å². The molecule has 2 aromatic rings. The molecular weight excluding hydrogens is 335 g/mol. The second kappa shape index (κ2) is 6.52. The first-order valence-electron chi connectivity index (χ1n) is 7.37. The Bertz CT molecular complexity index is 795. The maximum atomic E-state index is 14.3. The van der Waals surface area contributed by atoms with Crippen molar-refractivity contribution in [2.45, 2.75) is 26.4 Å². The van der Waals surface area contributed by atoms with Crippen LogP contribution >= 0.6 is 11.3 Å². The third-order valence-corrected chi connectivity index (χ3v) is 4.34. The van der Waals surface area contributed by atoms with Crippen molar-refractivity contribution < 1.29 is 18.7 Å². The fourth-order valence-electron chi connectivity index (χ4n) is 2.31. The summed E-state index contributed by atoms with van der Waals surface area (Å²) in [5, 5.41) is 11.0. The van der Waals surface area contributed by atoms with Gasteiger partial charge in [0.05, 0.1) is 17.8 Å². The lowest BCUT2D eigenvalue weighted by Gasteiger charge is -2.14. The second-order valence-corrected chi connectivity index (χ2v) is 6.45. The number of aryl methyl sites for hydroxylation is 1. The third kappa shape index (κ3) is 3.21. The van der Waals surface area contributed by atoms with Crippen LogP contribution in [0.1, 0.15) is 28.7 Å². The van der Waals surface area contributed by atoms with Crippen molar-refractivity contribution in [2.75, 3.05) is 16.8 Å². The molecule has 2 amide bonds. The van der Waals surface area contributed by atoms with Gasteiger partial charge in [-0.1, -0.05) is 18.3 Å². The van der Waals surface area contributed by atoms with E-state index < -0.39 is 17.8 Å². The lowest BCUT2D eigenvalue weighted by Crippen LogP contribution is -2.25. The van der Waals surface area contributed by atoms with Gasteiger partial charge < -0.3 is 4.74 Å². The molecule has 1 aromatic carbocycles. The number of nitrogens with one attached hydrogen (secondary N) is 1. The number of benzene rings is 1. The Balaban J connectivity index is 1.77. The van der Waals surface area contributed by atoms with Crippen molar-refractivity contribution in [1.82, 2.24) is 10.2 Å². The lowest BCUT2D eigenvalue weighted by molar-refractivity contribution is 0.102. The van der Waals surface area contributed by atoms with Gasteiger partial charge in [0.1, 0.15) is 16.9 Å². The number of hydrogen-bond donors (Lipinski definition) is 1. The number of aromatic nitrogens is 2. The smallest absolute Gasteiger partial charge is 0.414 e. The summed E-state index contributed by atoms with van der Waals surface area (Å²) < 4.78 is 19.4. The zero-order valence-electron chi connectivity index (χ0n) is 13.1. The van der Waals surface area contributed by atoms with Crippen LogP contribution in [0.3, 0.4) is 0 Å². The van der Waals surface area contributed by atoms with Crippen LogP contribution in [0.4, 0.5) is 20.0 Å². The molecule has 1 aliphatic heterocycles. The first-order valence-corrected chi connectivity index (χ1v) is 8.18. The fourth-order valence-corrected chi connectivity index (χ4v) is 2.90. The highest BCUT2D eigenvalue weighted by Gasteiger charge is 2.31. The second-order valence-electron chi connectivity index (χ2n) is 5.27. The summed E-state index contributed by atoms with van der Waals surface area (Å²) in [7, 11) is 0. The highest BCUT2D eigenvalue weighted by molar-refractivity contribution is 7.15. The molecule has 0 saturated carbocycles. The zero-order chi connectivity index (χ0) is 17.3. The van der Waals surface area contributed by atoms with E-state index in [0.29, 0.717) is 28.8 Å². The van der Waals surface area contributed by atoms with Gasteiger partial charge in [-0.15, -0.1) is 10.2 Å². The highest BCUT2D eigenvalue weighted by Crippen LogP contribution is 2.25. The Morgan fingerprint density at radius 3 is 2.88 bits per heavy atom. The molecule has 0 radical (unpaired) electrons. The Labute approximate surface area is 141 Å². The number of nitrogens with zero attached hydrogens (tertiary/aromatic N) is 3. The Hall–Kier alpha value is -2.55. The molecule has 126 valence electrons. The predicted molar refractivity (Wildman–Crippen MR) is 86.9 cm³/mol. The summed E-state index contributed by atoms with van der Waals surface area (Å²) in [5.74, 6) is -1.34. The number of rotatable bonds is 4. The van der Waals surface area contributed by atoms with E-state index >= 15 is 0 Å². The van der Waals surface area contributed by atoms with Gasteiger partial charge in [-0.3, -0.25) is 15.0 Å². The molecule has 7 nitrogen and oxygen atoms in total. The van der Waals surface area contributed by atoms with Crippen LogP contribution in [-0.4, -0.2) is 34.8 Å². The van der Waals surface area contributed by atoms with E-state index in [9.17, 15) is 14.0 Å². The normalized spacial score (nSPS) is 17.0. The number of carbonyl (C=O) groups is 2. The molecule has 0 bridgehead atoms. The summed E-state index contributed by atoms with van der Waals surface area (Å²) in [6.07, 6.45) is -0.0288. The summed E-state index contributed by atoms with van der Waals surface area (Å²) in [6, 6.07) is 4.00. The van der Waals surface area contributed by atoms with Crippen molar-refractivity contribution >= 4 is 34.2 Å². The minimum absolute atomic E-state index is 0.133. The van der Waals surface area contributed by atoms with Crippen LogP contribution in [-0.2, 0) is 4.74 Å². The minimum atomic E-state index is -0.723. The zero-order valence-corrected chi connectivity index (χ0v) is 13.9. The van der Waals surface area contributed by atoms with E-state index in [4.69, 9.17) is 4.74 Å². The van der Waals surface area contributed by atoms with Gasteiger partial charge in [0.15, 0.2) is 0 Å². The largest absolute Gasteiger partial charge is 0.444 e. The summed E-state index contributed by atoms with van der Waals surface area (Å²) in [4.78, 5) is 25.3. The molecule has 1 atom stereocenters. The van der Waals surface area contributed by atoms with Gasteiger partial charge in [0.25, 0.3) is 5.91 Å². The van der Waals surface area contributed by atoms with Crippen molar-refractivity contribution in [2.24, 2.45) is 0 Å². The topological polar surface area (TPSA) is 84.4 Å². The molecule has 9 heteroatoms. The van der Waals surface area contributed by atoms with E-state index in [2.05, 4.69) is 15.5 Å². The molecule has 0 spiro atoms. The number of carbonyl (C=O) groups excluding carboxylic acids is 2. The number of hydrogen-bond acceptors (Lipinski definition) is 6. The van der Waals surface area contributed by atoms with Gasteiger partial charge in [0, 0.05) is 0 Å². The summed E-state index contributed by atoms with van der Waals surface area (Å²) in [5.41, 5.74) is 0.225. The van der Waals surface area contributed by atoms with Gasteiger partial charge in [-0.05, 0) is 31.5 Å². The summed E-state index contributed by atoms with van der Waals surface area (Å²) in [6.45, 7) is 4.02. The van der Waals surface area contributed by atoms with E-state index in [1.54, 1.807) is 6.92 Å². The van der Waals surface area contributed by atoms with Crippen LogP contribution in [0.15, 0.2) is 18.2 Å². The number of amides is 2. The van der Waals surface area contributed by atoms with Crippen LogP contribution in [0.5, 0.6) is 0 Å². The fraction of sp³-hybridized carbons (Fsp3) is 0.333. The van der Waals surface area contributed by atoms with E-state index in [0.717, 1.165) is 6.07 Å². The number of halogens is 1. The SMILES string of the molecule is CCC1CN(c2ccc(C(=O)Nc3nnc(C)s3)c(F)c2)C(=O)O1. The molecule has 1 saturated heterocycles. The maximum absolute atomic E-state index is 14.3. The first-order chi connectivity index (χ1) is 11.5. The van der Waals surface area contributed by atoms with E-state index in [1.807, 2.05) is 6.92 Å².